The van der Waals surface area contributed by atoms with Crippen LogP contribution in [0.1, 0.15) is 41.0 Å². The van der Waals surface area contributed by atoms with Gasteiger partial charge in [-0.3, -0.25) is 19.4 Å². The molecule has 25 heavy (non-hydrogen) atoms. The Morgan fingerprint density at radius 2 is 1.84 bits per heavy atom. The van der Waals surface area contributed by atoms with E-state index in [2.05, 4.69) is 10.4 Å². The highest BCUT2D eigenvalue weighted by Crippen LogP contribution is 2.30. The summed E-state index contributed by atoms with van der Waals surface area (Å²) in [5, 5.41) is 5.91. The summed E-state index contributed by atoms with van der Waals surface area (Å²) in [5.41, 5.74) is 1.33. The van der Waals surface area contributed by atoms with Gasteiger partial charge in [0.2, 0.25) is 5.78 Å². The van der Waals surface area contributed by atoms with Gasteiger partial charge in [-0.15, -0.1) is 0 Å². The van der Waals surface area contributed by atoms with Crippen LogP contribution in [0.5, 0.6) is 0 Å². The molecule has 0 amide bonds. The van der Waals surface area contributed by atoms with Crippen LogP contribution in [0.25, 0.3) is 0 Å². The summed E-state index contributed by atoms with van der Waals surface area (Å²) in [5.74, 6) is -0.427. The minimum atomic E-state index is -3.47. The SMILES string of the molecule is Cc1[nH]n(C)c(=O)c1C(=O)c1ccc(S(C)(=O)=O)c(NC(C)C)c1C. The van der Waals surface area contributed by atoms with Crippen LogP contribution in [-0.2, 0) is 16.9 Å². The number of aromatic nitrogens is 2. The van der Waals surface area contributed by atoms with Crippen molar-refractivity contribution in [2.45, 2.75) is 38.6 Å². The van der Waals surface area contributed by atoms with E-state index in [-0.39, 0.29) is 16.5 Å². The van der Waals surface area contributed by atoms with Crippen LogP contribution >= 0.6 is 0 Å². The van der Waals surface area contributed by atoms with Crippen LogP contribution < -0.4 is 10.9 Å². The van der Waals surface area contributed by atoms with E-state index >= 15 is 0 Å². The lowest BCUT2D eigenvalue weighted by molar-refractivity contribution is 0.103. The lowest BCUT2D eigenvalue weighted by Gasteiger charge is -2.18. The molecule has 2 rings (SSSR count). The fourth-order valence-corrected chi connectivity index (χ4v) is 3.70. The molecule has 0 saturated heterocycles. The monoisotopic (exact) mass is 365 g/mol. The van der Waals surface area contributed by atoms with Gasteiger partial charge >= 0.3 is 0 Å². The second-order valence-corrected chi connectivity index (χ2v) is 8.47. The number of carbonyl (C=O) groups excluding carboxylic acids is 1. The molecule has 0 spiro atoms. The van der Waals surface area contributed by atoms with Gasteiger partial charge in [-0.05, 0) is 45.4 Å². The predicted octanol–water partition coefficient (Wildman–Crippen LogP) is 1.79. The first-order valence-electron chi connectivity index (χ1n) is 7.85. The summed E-state index contributed by atoms with van der Waals surface area (Å²) in [7, 11) is -1.93. The van der Waals surface area contributed by atoms with Crippen molar-refractivity contribution in [3.63, 3.8) is 0 Å². The van der Waals surface area contributed by atoms with Crippen molar-refractivity contribution in [1.29, 1.82) is 0 Å². The topological polar surface area (TPSA) is 101 Å². The van der Waals surface area contributed by atoms with Crippen molar-refractivity contribution >= 4 is 21.3 Å². The molecule has 7 nitrogen and oxygen atoms in total. The second kappa shape index (κ2) is 6.51. The van der Waals surface area contributed by atoms with Crippen molar-refractivity contribution in [3.8, 4) is 0 Å². The fraction of sp³-hybridized carbons (Fsp3) is 0.412. The van der Waals surface area contributed by atoms with Crippen LogP contribution in [0.15, 0.2) is 21.8 Å². The summed E-state index contributed by atoms with van der Waals surface area (Å²) in [6.45, 7) is 7.10. The first-order chi connectivity index (χ1) is 11.4. The Balaban J connectivity index is 2.71. The Labute approximate surface area is 147 Å². The first kappa shape index (κ1) is 19.0. The van der Waals surface area contributed by atoms with Gasteiger partial charge in [0.25, 0.3) is 5.56 Å². The number of sulfone groups is 1. The van der Waals surface area contributed by atoms with Crippen LogP contribution in [0, 0.1) is 13.8 Å². The standard InChI is InChI=1S/C17H23N3O4S/c1-9(2)18-15-10(3)12(7-8-13(15)25(6,23)24)16(21)14-11(4)19-20(5)17(14)22/h7-9,18-19H,1-6H3. The van der Waals surface area contributed by atoms with E-state index in [0.29, 0.717) is 22.5 Å². The number of aromatic amines is 1. The number of benzene rings is 1. The highest BCUT2D eigenvalue weighted by Gasteiger charge is 2.25. The number of H-pyrrole nitrogens is 1. The molecule has 8 heteroatoms. The third-order valence-electron chi connectivity index (χ3n) is 3.96. The van der Waals surface area contributed by atoms with E-state index in [0.717, 1.165) is 6.26 Å². The molecule has 0 atom stereocenters. The van der Waals surface area contributed by atoms with Gasteiger partial charge in [0.1, 0.15) is 5.56 Å². The largest absolute Gasteiger partial charge is 0.382 e. The van der Waals surface area contributed by atoms with Gasteiger partial charge < -0.3 is 5.32 Å². The van der Waals surface area contributed by atoms with E-state index in [1.807, 2.05) is 13.8 Å². The lowest BCUT2D eigenvalue weighted by Crippen LogP contribution is -2.21. The number of nitrogens with zero attached hydrogens (tertiary/aromatic N) is 1. The normalized spacial score (nSPS) is 11.8. The highest BCUT2D eigenvalue weighted by atomic mass is 32.2. The molecule has 0 unspecified atom stereocenters. The van der Waals surface area contributed by atoms with Gasteiger partial charge in [-0.1, -0.05) is 0 Å². The van der Waals surface area contributed by atoms with Gasteiger partial charge in [0.15, 0.2) is 9.84 Å². The van der Waals surface area contributed by atoms with Gasteiger partial charge in [0, 0.05) is 30.6 Å². The lowest BCUT2D eigenvalue weighted by atomic mass is 9.98. The zero-order chi connectivity index (χ0) is 19.1. The van der Waals surface area contributed by atoms with Crippen LogP contribution in [0.4, 0.5) is 5.69 Å². The van der Waals surface area contributed by atoms with Crippen LogP contribution in [0.2, 0.25) is 0 Å². The number of rotatable bonds is 5. The molecule has 2 aromatic rings. The van der Waals surface area contributed by atoms with Gasteiger partial charge in [-0.2, -0.15) is 0 Å². The first-order valence-corrected chi connectivity index (χ1v) is 9.74. The summed E-state index contributed by atoms with van der Waals surface area (Å²) in [6.07, 6.45) is 1.13. The van der Waals surface area contributed by atoms with Crippen molar-refractivity contribution in [2.24, 2.45) is 7.05 Å². The Kier molecular flexibility index (Phi) is 4.94. The quantitative estimate of drug-likeness (QED) is 0.787. The number of hydrogen-bond acceptors (Lipinski definition) is 5. The van der Waals surface area contributed by atoms with Gasteiger partial charge in [-0.25, -0.2) is 8.42 Å². The Morgan fingerprint density at radius 3 is 2.28 bits per heavy atom. The molecule has 1 heterocycles. The van der Waals surface area contributed by atoms with E-state index in [1.54, 1.807) is 13.8 Å². The summed E-state index contributed by atoms with van der Waals surface area (Å²) in [4.78, 5) is 25.2. The molecule has 1 aromatic heterocycles. The number of hydrogen-bond donors (Lipinski definition) is 2. The maximum Gasteiger partial charge on any atom is 0.277 e. The molecule has 0 bridgehead atoms. The molecule has 136 valence electrons. The van der Waals surface area contributed by atoms with Crippen molar-refractivity contribution in [3.05, 3.63) is 44.9 Å². The number of anilines is 1. The smallest absolute Gasteiger partial charge is 0.277 e. The minimum absolute atomic E-state index is 0.0218. The predicted molar refractivity (Wildman–Crippen MR) is 97.3 cm³/mol. The number of carbonyl (C=O) groups is 1. The van der Waals surface area contributed by atoms with E-state index < -0.39 is 21.2 Å². The summed E-state index contributed by atoms with van der Waals surface area (Å²) in [6, 6.07) is 2.85. The Hall–Kier alpha value is -2.35. The molecule has 2 N–H and O–H groups in total. The number of nitrogens with one attached hydrogen (secondary N) is 2. The van der Waals surface area contributed by atoms with Crippen molar-refractivity contribution in [1.82, 2.24) is 9.78 Å². The Morgan fingerprint density at radius 1 is 1.24 bits per heavy atom. The van der Waals surface area contributed by atoms with E-state index in [9.17, 15) is 18.0 Å². The number of aryl methyl sites for hydroxylation is 2. The van der Waals surface area contributed by atoms with Crippen molar-refractivity contribution < 1.29 is 13.2 Å². The maximum absolute atomic E-state index is 12.9. The van der Waals surface area contributed by atoms with Crippen LogP contribution in [0.3, 0.4) is 0 Å². The summed E-state index contributed by atoms with van der Waals surface area (Å²) < 4.78 is 25.4. The molecular weight excluding hydrogens is 342 g/mol. The molecular formula is C17H23N3O4S. The minimum Gasteiger partial charge on any atom is -0.382 e. The molecule has 1 aromatic carbocycles. The zero-order valence-corrected chi connectivity index (χ0v) is 16.0. The highest BCUT2D eigenvalue weighted by molar-refractivity contribution is 7.90. The number of ketones is 1. The molecule has 0 saturated carbocycles. The van der Waals surface area contributed by atoms with E-state index in [4.69, 9.17) is 0 Å². The average Bonchev–Trinajstić information content (AvgIpc) is 2.72. The molecule has 0 radical (unpaired) electrons. The summed E-state index contributed by atoms with van der Waals surface area (Å²) >= 11 is 0. The molecule has 0 aliphatic heterocycles. The average molecular weight is 365 g/mol. The Bertz CT molecular complexity index is 998. The van der Waals surface area contributed by atoms with Crippen LogP contribution in [-0.4, -0.2) is 36.3 Å². The molecule has 0 aliphatic carbocycles. The fourth-order valence-electron chi connectivity index (χ4n) is 2.80. The van der Waals surface area contributed by atoms with E-state index in [1.165, 1.54) is 23.9 Å². The molecule has 0 aliphatic rings. The second-order valence-electron chi connectivity index (χ2n) is 6.49. The molecule has 0 fully saturated rings. The third-order valence-corrected chi connectivity index (χ3v) is 5.10. The van der Waals surface area contributed by atoms with Crippen molar-refractivity contribution in [2.75, 3.05) is 11.6 Å². The maximum atomic E-state index is 12.9. The third kappa shape index (κ3) is 3.53. The zero-order valence-electron chi connectivity index (χ0n) is 15.2. The van der Waals surface area contributed by atoms with Gasteiger partial charge in [0.05, 0.1) is 10.6 Å².